The molecule has 0 radical (unpaired) electrons. The van der Waals surface area contributed by atoms with E-state index in [9.17, 15) is 4.79 Å². The van der Waals surface area contributed by atoms with Gasteiger partial charge in [0.05, 0.1) is 0 Å². The fourth-order valence-corrected chi connectivity index (χ4v) is 3.27. The maximum atomic E-state index is 11.8. The lowest BCUT2D eigenvalue weighted by Gasteiger charge is -2.34. The molecule has 1 unspecified atom stereocenters. The van der Waals surface area contributed by atoms with E-state index in [-0.39, 0.29) is 0 Å². The quantitative estimate of drug-likeness (QED) is 0.733. The minimum atomic E-state index is 0.348. The van der Waals surface area contributed by atoms with Crippen molar-refractivity contribution in [3.63, 3.8) is 0 Å². The first-order valence-corrected chi connectivity index (χ1v) is 7.00. The number of carbonyl (C=O) groups is 1. The van der Waals surface area contributed by atoms with E-state index in [1.165, 1.54) is 38.5 Å². The maximum Gasteiger partial charge on any atom is 0.137 e. The lowest BCUT2D eigenvalue weighted by molar-refractivity contribution is -0.125. The summed E-state index contributed by atoms with van der Waals surface area (Å²) < 4.78 is 0. The van der Waals surface area contributed by atoms with Gasteiger partial charge in [0.25, 0.3) is 0 Å². The molecule has 0 saturated heterocycles. The molecule has 0 spiro atoms. The highest BCUT2D eigenvalue weighted by molar-refractivity contribution is 5.81. The largest absolute Gasteiger partial charge is 0.303 e. The van der Waals surface area contributed by atoms with Gasteiger partial charge >= 0.3 is 0 Å². The van der Waals surface area contributed by atoms with Crippen LogP contribution in [0.5, 0.6) is 0 Å². The molecule has 0 aromatic heterocycles. The van der Waals surface area contributed by atoms with E-state index in [2.05, 4.69) is 11.9 Å². The predicted octanol–water partition coefficient (Wildman–Crippen LogP) is 3.01. The van der Waals surface area contributed by atoms with Gasteiger partial charge in [-0.15, -0.1) is 0 Å². The second kappa shape index (κ2) is 5.81. The molecule has 92 valence electrons. The summed E-state index contributed by atoms with van der Waals surface area (Å²) in [6, 6.07) is 0.753. The van der Waals surface area contributed by atoms with Gasteiger partial charge in [0.1, 0.15) is 5.78 Å². The molecular weight excluding hydrogens is 198 g/mol. The van der Waals surface area contributed by atoms with E-state index >= 15 is 0 Å². The molecule has 2 fully saturated rings. The Bertz CT molecular complexity index is 233. The highest BCUT2D eigenvalue weighted by atomic mass is 16.1. The number of rotatable bonds is 3. The van der Waals surface area contributed by atoms with Crippen LogP contribution in [0.4, 0.5) is 0 Å². The summed E-state index contributed by atoms with van der Waals surface area (Å²) in [5.74, 6) is 0.870. The second-order valence-electron chi connectivity index (χ2n) is 5.64. The van der Waals surface area contributed by atoms with Crippen LogP contribution in [0.25, 0.3) is 0 Å². The summed E-state index contributed by atoms with van der Waals surface area (Å²) in [4.78, 5) is 14.3. The third-order valence-corrected chi connectivity index (χ3v) is 4.39. The van der Waals surface area contributed by atoms with E-state index < -0.39 is 0 Å². The fourth-order valence-electron chi connectivity index (χ4n) is 3.27. The van der Waals surface area contributed by atoms with Crippen LogP contribution in [-0.2, 0) is 4.79 Å². The molecule has 0 aromatic carbocycles. The lowest BCUT2D eigenvalue weighted by Crippen LogP contribution is -2.39. The molecule has 16 heavy (non-hydrogen) atoms. The summed E-state index contributed by atoms with van der Waals surface area (Å²) in [5, 5.41) is 0. The van der Waals surface area contributed by atoms with Gasteiger partial charge in [-0.05, 0) is 32.7 Å². The molecular formula is C14H25NO. The van der Waals surface area contributed by atoms with Crippen LogP contribution in [-0.4, -0.2) is 30.3 Å². The molecule has 2 aliphatic carbocycles. The van der Waals surface area contributed by atoms with Crippen molar-refractivity contribution in [2.24, 2.45) is 5.92 Å². The fraction of sp³-hybridized carbons (Fsp3) is 0.929. The summed E-state index contributed by atoms with van der Waals surface area (Å²) >= 11 is 0. The highest BCUT2D eigenvalue weighted by Gasteiger charge is 2.26. The number of ketones is 1. The van der Waals surface area contributed by atoms with E-state index in [0.29, 0.717) is 11.7 Å². The molecule has 0 aromatic rings. The molecule has 0 bridgehead atoms. The second-order valence-corrected chi connectivity index (χ2v) is 5.64. The molecule has 0 amide bonds. The van der Waals surface area contributed by atoms with Crippen LogP contribution in [0.2, 0.25) is 0 Å². The Kier molecular flexibility index (Phi) is 4.39. The van der Waals surface area contributed by atoms with Gasteiger partial charge in [-0.2, -0.15) is 0 Å². The first-order valence-electron chi connectivity index (χ1n) is 7.00. The SMILES string of the molecule is CN(CC1CCCCC1=O)C1CCCCC1. The number of nitrogens with zero attached hydrogens (tertiary/aromatic N) is 1. The Hall–Kier alpha value is -0.370. The third-order valence-electron chi connectivity index (χ3n) is 4.39. The number of Topliss-reactive ketones (excluding diaryl/α,β-unsaturated/α-hetero) is 1. The van der Waals surface area contributed by atoms with Crippen molar-refractivity contribution in [2.45, 2.75) is 63.8 Å². The van der Waals surface area contributed by atoms with E-state index in [1.54, 1.807) is 0 Å². The van der Waals surface area contributed by atoms with Crippen molar-refractivity contribution in [2.75, 3.05) is 13.6 Å². The molecule has 2 saturated carbocycles. The van der Waals surface area contributed by atoms with Gasteiger partial charge in [-0.1, -0.05) is 25.7 Å². The molecule has 2 nitrogen and oxygen atoms in total. The van der Waals surface area contributed by atoms with Crippen molar-refractivity contribution < 1.29 is 4.79 Å². The van der Waals surface area contributed by atoms with Crippen molar-refractivity contribution in [1.82, 2.24) is 4.90 Å². The Morgan fingerprint density at radius 3 is 2.44 bits per heavy atom. The van der Waals surface area contributed by atoms with Gasteiger partial charge in [-0.25, -0.2) is 0 Å². The monoisotopic (exact) mass is 223 g/mol. The van der Waals surface area contributed by atoms with E-state index in [0.717, 1.165) is 31.8 Å². The zero-order valence-electron chi connectivity index (χ0n) is 10.6. The third kappa shape index (κ3) is 3.07. The van der Waals surface area contributed by atoms with Crippen molar-refractivity contribution >= 4 is 5.78 Å². The maximum absolute atomic E-state index is 11.8. The van der Waals surface area contributed by atoms with Crippen molar-refractivity contribution in [3.05, 3.63) is 0 Å². The predicted molar refractivity (Wildman–Crippen MR) is 66.5 cm³/mol. The van der Waals surface area contributed by atoms with Crippen LogP contribution in [0.1, 0.15) is 57.8 Å². The van der Waals surface area contributed by atoms with Crippen LogP contribution in [0, 0.1) is 5.92 Å². The Morgan fingerprint density at radius 2 is 1.75 bits per heavy atom. The Labute approximate surface area is 99.4 Å². The molecule has 2 aliphatic rings. The lowest BCUT2D eigenvalue weighted by atomic mass is 9.86. The van der Waals surface area contributed by atoms with Crippen LogP contribution >= 0.6 is 0 Å². The summed E-state index contributed by atoms with van der Waals surface area (Å²) in [5.41, 5.74) is 0. The topological polar surface area (TPSA) is 20.3 Å². The summed E-state index contributed by atoms with van der Waals surface area (Å²) in [6.07, 6.45) is 11.2. The van der Waals surface area contributed by atoms with Gasteiger partial charge in [0, 0.05) is 24.9 Å². The molecule has 2 heteroatoms. The minimum absolute atomic E-state index is 0.348. The molecule has 1 atom stereocenters. The molecule has 0 aliphatic heterocycles. The first-order chi connectivity index (χ1) is 7.77. The van der Waals surface area contributed by atoms with Crippen LogP contribution in [0.3, 0.4) is 0 Å². The van der Waals surface area contributed by atoms with Gasteiger partial charge in [-0.3, -0.25) is 4.79 Å². The van der Waals surface area contributed by atoms with Gasteiger partial charge in [0.2, 0.25) is 0 Å². The Morgan fingerprint density at radius 1 is 1.06 bits per heavy atom. The number of carbonyl (C=O) groups excluding carboxylic acids is 1. The number of hydrogen-bond donors (Lipinski definition) is 0. The van der Waals surface area contributed by atoms with Crippen LogP contribution in [0.15, 0.2) is 0 Å². The van der Waals surface area contributed by atoms with Gasteiger partial charge < -0.3 is 4.90 Å². The van der Waals surface area contributed by atoms with E-state index in [1.807, 2.05) is 0 Å². The summed E-state index contributed by atoms with van der Waals surface area (Å²) in [7, 11) is 2.22. The van der Waals surface area contributed by atoms with Crippen molar-refractivity contribution in [3.8, 4) is 0 Å². The van der Waals surface area contributed by atoms with Gasteiger partial charge in [0.15, 0.2) is 0 Å². The highest BCUT2D eigenvalue weighted by Crippen LogP contribution is 2.25. The molecule has 2 rings (SSSR count). The molecule has 0 heterocycles. The Balaban J connectivity index is 1.80. The average molecular weight is 223 g/mol. The van der Waals surface area contributed by atoms with Crippen LogP contribution < -0.4 is 0 Å². The average Bonchev–Trinajstić information content (AvgIpc) is 2.33. The standard InChI is InChI=1S/C14H25NO/c1-15(13-8-3-2-4-9-13)11-12-7-5-6-10-14(12)16/h12-13H,2-11H2,1H3. The number of hydrogen-bond acceptors (Lipinski definition) is 2. The molecule has 0 N–H and O–H groups in total. The van der Waals surface area contributed by atoms with Crippen molar-refractivity contribution in [1.29, 1.82) is 0 Å². The smallest absolute Gasteiger partial charge is 0.137 e. The zero-order valence-corrected chi connectivity index (χ0v) is 10.6. The normalized spacial score (nSPS) is 28.6. The summed E-state index contributed by atoms with van der Waals surface area (Å²) in [6.45, 7) is 1.02. The minimum Gasteiger partial charge on any atom is -0.303 e. The first kappa shape index (κ1) is 12.1. The van der Waals surface area contributed by atoms with E-state index in [4.69, 9.17) is 0 Å². The zero-order chi connectivity index (χ0) is 11.4.